The van der Waals surface area contributed by atoms with Gasteiger partial charge in [-0.05, 0) is 44.9 Å². The summed E-state index contributed by atoms with van der Waals surface area (Å²) >= 11 is 3.41. The third-order valence-corrected chi connectivity index (χ3v) is 9.22. The minimum atomic E-state index is 0.917. The summed E-state index contributed by atoms with van der Waals surface area (Å²) in [5.41, 5.74) is 2.07. The molecule has 0 aliphatic carbocycles. The Morgan fingerprint density at radius 3 is 2.77 bits per heavy atom. The molecule has 0 bridgehead atoms. The molecule has 3 nitrogen and oxygen atoms in total. The lowest BCUT2D eigenvalue weighted by atomic mass is 10.3. The van der Waals surface area contributed by atoms with Crippen molar-refractivity contribution in [1.82, 2.24) is 15.0 Å². The SMILES string of the molecule is c1ccc2sc(CSSSc3nc4cccnc4s3)nc2c1. The summed E-state index contributed by atoms with van der Waals surface area (Å²) in [5.74, 6) is 0.917. The van der Waals surface area contributed by atoms with Gasteiger partial charge in [0.05, 0.1) is 16.0 Å². The first kappa shape index (κ1) is 14.8. The summed E-state index contributed by atoms with van der Waals surface area (Å²) in [6, 6.07) is 12.2. The van der Waals surface area contributed by atoms with Crippen molar-refractivity contribution in [3.8, 4) is 0 Å². The second-order valence-corrected chi connectivity index (χ2v) is 10.7. The molecular formula is C14H9N3S5. The van der Waals surface area contributed by atoms with E-state index in [2.05, 4.69) is 33.2 Å². The second kappa shape index (κ2) is 6.76. The van der Waals surface area contributed by atoms with Crippen LogP contribution in [0.1, 0.15) is 5.01 Å². The quantitative estimate of drug-likeness (QED) is 0.318. The van der Waals surface area contributed by atoms with Gasteiger partial charge in [-0.25, -0.2) is 15.0 Å². The zero-order valence-electron chi connectivity index (χ0n) is 11.1. The first-order valence-electron chi connectivity index (χ1n) is 6.41. The van der Waals surface area contributed by atoms with Crippen LogP contribution in [0.3, 0.4) is 0 Å². The van der Waals surface area contributed by atoms with Crippen molar-refractivity contribution < 1.29 is 0 Å². The largest absolute Gasteiger partial charge is 0.244 e. The lowest BCUT2D eigenvalue weighted by Crippen LogP contribution is -1.73. The Morgan fingerprint density at radius 2 is 1.86 bits per heavy atom. The molecule has 22 heavy (non-hydrogen) atoms. The standard InChI is InChI=1S/C14H9N3S5/c1-2-6-11-9(4-1)16-12(19-11)8-18-22-21-14-17-10-5-3-7-15-13(10)20-14/h1-7H,8H2. The Balaban J connectivity index is 1.35. The van der Waals surface area contributed by atoms with Crippen LogP contribution in [-0.4, -0.2) is 15.0 Å². The van der Waals surface area contributed by atoms with Gasteiger partial charge < -0.3 is 0 Å². The predicted molar refractivity (Wildman–Crippen MR) is 102 cm³/mol. The molecule has 3 heterocycles. The van der Waals surface area contributed by atoms with E-state index in [4.69, 9.17) is 0 Å². The summed E-state index contributed by atoms with van der Waals surface area (Å²) in [4.78, 5) is 14.5. The highest BCUT2D eigenvalue weighted by molar-refractivity contribution is 9.09. The van der Waals surface area contributed by atoms with Crippen LogP contribution in [0.5, 0.6) is 0 Å². The zero-order valence-corrected chi connectivity index (χ0v) is 15.2. The summed E-state index contributed by atoms with van der Waals surface area (Å²) in [7, 11) is 5.24. The van der Waals surface area contributed by atoms with Crippen molar-refractivity contribution in [3.63, 3.8) is 0 Å². The molecule has 0 fully saturated rings. The van der Waals surface area contributed by atoms with Gasteiger partial charge in [0.25, 0.3) is 0 Å². The van der Waals surface area contributed by atoms with Crippen molar-refractivity contribution in [2.24, 2.45) is 0 Å². The average Bonchev–Trinajstić information content (AvgIpc) is 3.14. The van der Waals surface area contributed by atoms with Gasteiger partial charge in [-0.15, -0.1) is 11.3 Å². The fourth-order valence-electron chi connectivity index (χ4n) is 1.89. The highest BCUT2D eigenvalue weighted by Gasteiger charge is 2.07. The summed E-state index contributed by atoms with van der Waals surface area (Å²) < 4.78 is 2.31. The summed E-state index contributed by atoms with van der Waals surface area (Å²) in [6.45, 7) is 0. The molecule has 0 aliphatic rings. The number of rotatable bonds is 5. The van der Waals surface area contributed by atoms with Crippen LogP contribution in [0.4, 0.5) is 0 Å². The van der Waals surface area contributed by atoms with E-state index >= 15 is 0 Å². The molecule has 1 aromatic carbocycles. The zero-order chi connectivity index (χ0) is 14.8. The fraction of sp³-hybridized carbons (Fsp3) is 0.0714. The monoisotopic (exact) mass is 379 g/mol. The van der Waals surface area contributed by atoms with Gasteiger partial charge in [0.15, 0.2) is 4.34 Å². The molecule has 4 rings (SSSR count). The number of aromatic nitrogens is 3. The maximum atomic E-state index is 4.64. The van der Waals surface area contributed by atoms with Crippen LogP contribution in [0.25, 0.3) is 20.6 Å². The number of benzene rings is 1. The van der Waals surface area contributed by atoms with E-state index in [1.807, 2.05) is 24.4 Å². The van der Waals surface area contributed by atoms with Gasteiger partial charge >= 0.3 is 0 Å². The third-order valence-electron chi connectivity index (χ3n) is 2.82. The number of hydrogen-bond donors (Lipinski definition) is 0. The molecule has 110 valence electrons. The molecule has 0 saturated carbocycles. The molecule has 0 atom stereocenters. The minimum Gasteiger partial charge on any atom is -0.244 e. The molecule has 0 saturated heterocycles. The van der Waals surface area contributed by atoms with E-state index in [1.165, 1.54) is 9.71 Å². The lowest BCUT2D eigenvalue weighted by Gasteiger charge is -1.94. The fourth-order valence-corrected chi connectivity index (χ4v) is 8.12. The highest BCUT2D eigenvalue weighted by Crippen LogP contribution is 2.44. The van der Waals surface area contributed by atoms with Crippen molar-refractivity contribution in [2.75, 3.05) is 0 Å². The number of pyridine rings is 1. The number of fused-ring (bicyclic) bond motifs is 2. The van der Waals surface area contributed by atoms with E-state index in [1.54, 1.807) is 54.1 Å². The first-order valence-corrected chi connectivity index (χ1v) is 11.7. The van der Waals surface area contributed by atoms with Crippen molar-refractivity contribution in [2.45, 2.75) is 10.1 Å². The Labute approximate surface area is 146 Å². The van der Waals surface area contributed by atoms with Crippen molar-refractivity contribution in [3.05, 3.63) is 47.6 Å². The molecule has 8 heteroatoms. The molecule has 0 amide bonds. The number of hydrogen-bond acceptors (Lipinski definition) is 8. The highest BCUT2D eigenvalue weighted by atomic mass is 33.5. The molecule has 4 aromatic rings. The van der Waals surface area contributed by atoms with E-state index < -0.39 is 0 Å². The van der Waals surface area contributed by atoms with Gasteiger partial charge in [0.1, 0.15) is 15.4 Å². The van der Waals surface area contributed by atoms with Crippen LogP contribution in [0.2, 0.25) is 0 Å². The van der Waals surface area contributed by atoms with Gasteiger partial charge in [0.2, 0.25) is 0 Å². The Kier molecular flexibility index (Phi) is 4.54. The van der Waals surface area contributed by atoms with Crippen molar-refractivity contribution in [1.29, 1.82) is 0 Å². The minimum absolute atomic E-state index is 0.917. The van der Waals surface area contributed by atoms with Crippen LogP contribution in [-0.2, 0) is 5.75 Å². The maximum absolute atomic E-state index is 4.64. The number of thiazole rings is 2. The van der Waals surface area contributed by atoms with Gasteiger partial charge in [0, 0.05) is 6.20 Å². The molecule has 0 spiro atoms. The van der Waals surface area contributed by atoms with Crippen LogP contribution in [0, 0.1) is 0 Å². The third kappa shape index (κ3) is 3.26. The normalized spacial score (nSPS) is 11.5. The molecular weight excluding hydrogens is 371 g/mol. The molecule has 0 unspecified atom stereocenters. The van der Waals surface area contributed by atoms with Crippen molar-refractivity contribution >= 4 is 74.7 Å². The Morgan fingerprint density at radius 1 is 0.955 bits per heavy atom. The van der Waals surface area contributed by atoms with Gasteiger partial charge in [-0.2, -0.15) is 0 Å². The predicted octanol–water partition coefficient (Wildman–Crippen LogP) is 5.89. The van der Waals surface area contributed by atoms with Crippen LogP contribution in [0.15, 0.2) is 46.9 Å². The summed E-state index contributed by atoms with van der Waals surface area (Å²) in [6.07, 6.45) is 1.81. The topological polar surface area (TPSA) is 38.7 Å². The van der Waals surface area contributed by atoms with E-state index in [9.17, 15) is 0 Å². The Bertz CT molecular complexity index is 775. The molecule has 0 aliphatic heterocycles. The van der Waals surface area contributed by atoms with E-state index in [0.29, 0.717) is 0 Å². The Hall–Kier alpha value is -0.800. The number of nitrogens with zero attached hydrogens (tertiary/aromatic N) is 3. The van der Waals surface area contributed by atoms with E-state index in [-0.39, 0.29) is 0 Å². The van der Waals surface area contributed by atoms with Crippen LogP contribution < -0.4 is 0 Å². The number of para-hydroxylation sites is 1. The molecule has 0 radical (unpaired) electrons. The van der Waals surface area contributed by atoms with Crippen LogP contribution >= 0.6 is 54.1 Å². The second-order valence-electron chi connectivity index (χ2n) is 4.30. The lowest BCUT2D eigenvalue weighted by molar-refractivity contribution is 1.30. The van der Waals surface area contributed by atoms with E-state index in [0.717, 1.165) is 26.0 Å². The van der Waals surface area contributed by atoms with Gasteiger partial charge in [-0.3, -0.25) is 0 Å². The molecule has 0 N–H and O–H groups in total. The average molecular weight is 380 g/mol. The first-order chi connectivity index (χ1) is 10.9. The smallest absolute Gasteiger partial charge is 0.164 e. The maximum Gasteiger partial charge on any atom is 0.164 e. The van der Waals surface area contributed by atoms with Gasteiger partial charge in [-0.1, -0.05) is 34.3 Å². The molecule has 3 aromatic heterocycles. The summed E-state index contributed by atoms with van der Waals surface area (Å²) in [5, 5.41) is 1.17.